The molecule has 6 heteroatoms. The fourth-order valence-electron chi connectivity index (χ4n) is 1.74. The molecular weight excluding hydrogens is 214 g/mol. The third kappa shape index (κ3) is 2.26. The summed E-state index contributed by atoms with van der Waals surface area (Å²) in [5.41, 5.74) is 0. The number of ketones is 2. The van der Waals surface area contributed by atoms with Gasteiger partial charge in [0.2, 0.25) is 5.91 Å². The molecule has 1 fully saturated rings. The number of hydrogen-bond acceptors (Lipinski definition) is 5. The van der Waals surface area contributed by atoms with Crippen LogP contribution in [0.5, 0.6) is 0 Å². The van der Waals surface area contributed by atoms with Crippen LogP contribution in [0.15, 0.2) is 0 Å². The molecule has 0 aromatic rings. The van der Waals surface area contributed by atoms with Crippen molar-refractivity contribution in [1.29, 1.82) is 0 Å². The molecule has 1 rings (SSSR count). The molecule has 0 saturated heterocycles. The number of hydrogen-bond donors (Lipinski definition) is 1. The van der Waals surface area contributed by atoms with Gasteiger partial charge in [0.05, 0.1) is 13.0 Å². The van der Waals surface area contributed by atoms with E-state index in [-0.39, 0.29) is 12.8 Å². The summed E-state index contributed by atoms with van der Waals surface area (Å²) >= 11 is 0. The SMILES string of the molecule is CNC(=O)C1C(=O)CC(C(=O)OC)CC1=O. The standard InChI is InChI=1S/C10H13NO5/c1-11-9(14)8-6(12)3-5(4-7(8)13)10(15)16-2/h5,8H,3-4H2,1-2H3,(H,11,14). The van der Waals surface area contributed by atoms with Crippen molar-refractivity contribution in [2.45, 2.75) is 12.8 Å². The van der Waals surface area contributed by atoms with Crippen molar-refractivity contribution < 1.29 is 23.9 Å². The Morgan fingerprint density at radius 1 is 1.25 bits per heavy atom. The van der Waals surface area contributed by atoms with E-state index in [0.29, 0.717) is 0 Å². The highest BCUT2D eigenvalue weighted by molar-refractivity contribution is 6.21. The molecule has 6 nitrogen and oxygen atoms in total. The first kappa shape index (κ1) is 12.4. The minimum Gasteiger partial charge on any atom is -0.469 e. The molecule has 1 aliphatic rings. The maximum absolute atomic E-state index is 11.5. The van der Waals surface area contributed by atoms with Gasteiger partial charge in [-0.3, -0.25) is 19.2 Å². The highest BCUT2D eigenvalue weighted by Crippen LogP contribution is 2.24. The molecule has 0 heterocycles. The van der Waals surface area contributed by atoms with Gasteiger partial charge in [-0.1, -0.05) is 0 Å². The zero-order valence-corrected chi connectivity index (χ0v) is 9.11. The first-order valence-electron chi connectivity index (χ1n) is 4.86. The minimum absolute atomic E-state index is 0.115. The summed E-state index contributed by atoms with van der Waals surface area (Å²) in [4.78, 5) is 45.5. The van der Waals surface area contributed by atoms with Crippen LogP contribution in [0, 0.1) is 11.8 Å². The van der Waals surface area contributed by atoms with Gasteiger partial charge in [-0.25, -0.2) is 0 Å². The molecule has 0 spiro atoms. The van der Waals surface area contributed by atoms with E-state index >= 15 is 0 Å². The summed E-state index contributed by atoms with van der Waals surface area (Å²) in [5, 5.41) is 2.26. The number of carbonyl (C=O) groups is 4. The molecule has 16 heavy (non-hydrogen) atoms. The summed E-state index contributed by atoms with van der Waals surface area (Å²) in [7, 11) is 2.55. The molecular formula is C10H13NO5. The van der Waals surface area contributed by atoms with Crippen molar-refractivity contribution >= 4 is 23.4 Å². The molecule has 0 atom stereocenters. The van der Waals surface area contributed by atoms with Gasteiger partial charge >= 0.3 is 5.97 Å². The Kier molecular flexibility index (Phi) is 3.76. The van der Waals surface area contributed by atoms with Crippen LogP contribution in [0.2, 0.25) is 0 Å². The average Bonchev–Trinajstić information content (AvgIpc) is 2.26. The normalized spacial score (nSPS) is 25.1. The van der Waals surface area contributed by atoms with Gasteiger partial charge in [0.1, 0.15) is 0 Å². The summed E-state index contributed by atoms with van der Waals surface area (Å²) < 4.78 is 4.46. The zero-order valence-electron chi connectivity index (χ0n) is 9.11. The fraction of sp³-hybridized carbons (Fsp3) is 0.600. The van der Waals surface area contributed by atoms with E-state index < -0.39 is 35.3 Å². The topological polar surface area (TPSA) is 89.5 Å². The third-order valence-electron chi connectivity index (χ3n) is 2.58. The highest BCUT2D eigenvalue weighted by Gasteiger charge is 2.42. The molecule has 0 aromatic heterocycles. The van der Waals surface area contributed by atoms with Gasteiger partial charge in [0.15, 0.2) is 17.5 Å². The quantitative estimate of drug-likeness (QED) is 0.486. The number of ether oxygens (including phenoxy) is 1. The average molecular weight is 227 g/mol. The van der Waals surface area contributed by atoms with Crippen molar-refractivity contribution in [1.82, 2.24) is 5.32 Å². The van der Waals surface area contributed by atoms with Gasteiger partial charge in [-0.2, -0.15) is 0 Å². The van der Waals surface area contributed by atoms with E-state index in [0.717, 1.165) is 0 Å². The molecule has 0 aliphatic heterocycles. The Bertz CT molecular complexity index is 331. The number of methoxy groups -OCH3 is 1. The van der Waals surface area contributed by atoms with E-state index in [1.54, 1.807) is 0 Å². The van der Waals surface area contributed by atoms with Crippen molar-refractivity contribution in [3.63, 3.8) is 0 Å². The predicted molar refractivity (Wildman–Crippen MR) is 52.3 cm³/mol. The lowest BCUT2D eigenvalue weighted by atomic mass is 9.79. The lowest BCUT2D eigenvalue weighted by Gasteiger charge is -2.23. The van der Waals surface area contributed by atoms with Crippen LogP contribution in [0.3, 0.4) is 0 Å². The van der Waals surface area contributed by atoms with Crippen LogP contribution >= 0.6 is 0 Å². The first-order valence-corrected chi connectivity index (χ1v) is 4.86. The van der Waals surface area contributed by atoms with E-state index in [4.69, 9.17) is 0 Å². The van der Waals surface area contributed by atoms with Crippen molar-refractivity contribution in [2.75, 3.05) is 14.2 Å². The Morgan fingerprint density at radius 2 is 1.75 bits per heavy atom. The van der Waals surface area contributed by atoms with Crippen LogP contribution in [-0.4, -0.2) is 37.6 Å². The van der Waals surface area contributed by atoms with Crippen molar-refractivity contribution in [3.05, 3.63) is 0 Å². The molecule has 1 aliphatic carbocycles. The van der Waals surface area contributed by atoms with Crippen molar-refractivity contribution in [3.8, 4) is 0 Å². The van der Waals surface area contributed by atoms with Gasteiger partial charge in [0, 0.05) is 19.9 Å². The van der Waals surface area contributed by atoms with Gasteiger partial charge in [-0.15, -0.1) is 0 Å². The van der Waals surface area contributed by atoms with E-state index in [1.165, 1.54) is 14.2 Å². The molecule has 0 bridgehead atoms. The van der Waals surface area contributed by atoms with Crippen LogP contribution in [-0.2, 0) is 23.9 Å². The van der Waals surface area contributed by atoms with Gasteiger partial charge in [0.25, 0.3) is 0 Å². The van der Waals surface area contributed by atoms with Crippen LogP contribution in [0.1, 0.15) is 12.8 Å². The molecule has 0 radical (unpaired) electrons. The van der Waals surface area contributed by atoms with Crippen LogP contribution < -0.4 is 5.32 Å². The second-order valence-corrected chi connectivity index (χ2v) is 3.61. The fourth-order valence-corrected chi connectivity index (χ4v) is 1.74. The predicted octanol–water partition coefficient (Wildman–Crippen LogP) is -0.930. The molecule has 0 unspecified atom stereocenters. The number of Topliss-reactive ketones (excluding diaryl/α,β-unsaturated/α-hetero) is 2. The molecule has 0 aromatic carbocycles. The largest absolute Gasteiger partial charge is 0.469 e. The number of carbonyl (C=O) groups excluding carboxylic acids is 4. The molecule has 1 N–H and O–H groups in total. The second kappa shape index (κ2) is 4.87. The number of rotatable bonds is 2. The summed E-state index contributed by atoms with van der Waals surface area (Å²) in [6.45, 7) is 0. The zero-order chi connectivity index (χ0) is 12.3. The first-order chi connectivity index (χ1) is 7.51. The monoisotopic (exact) mass is 227 g/mol. The van der Waals surface area contributed by atoms with Gasteiger partial charge in [-0.05, 0) is 0 Å². The smallest absolute Gasteiger partial charge is 0.309 e. The third-order valence-corrected chi connectivity index (χ3v) is 2.58. The lowest BCUT2D eigenvalue weighted by molar-refractivity contribution is -0.154. The van der Waals surface area contributed by atoms with E-state index in [2.05, 4.69) is 10.1 Å². The van der Waals surface area contributed by atoms with Crippen LogP contribution in [0.4, 0.5) is 0 Å². The number of amides is 1. The number of nitrogens with one attached hydrogen (secondary N) is 1. The number of esters is 1. The summed E-state index contributed by atoms with van der Waals surface area (Å²) in [6, 6.07) is 0. The Balaban J connectivity index is 2.79. The highest BCUT2D eigenvalue weighted by atomic mass is 16.5. The Morgan fingerprint density at radius 3 is 2.12 bits per heavy atom. The maximum atomic E-state index is 11.5. The van der Waals surface area contributed by atoms with Crippen molar-refractivity contribution in [2.24, 2.45) is 11.8 Å². The summed E-state index contributed by atoms with van der Waals surface area (Å²) in [6.07, 6.45) is -0.229. The molecule has 88 valence electrons. The van der Waals surface area contributed by atoms with Crippen LogP contribution in [0.25, 0.3) is 0 Å². The van der Waals surface area contributed by atoms with E-state index in [1.807, 2.05) is 0 Å². The Labute approximate surface area is 92.3 Å². The van der Waals surface area contributed by atoms with E-state index in [9.17, 15) is 19.2 Å². The lowest BCUT2D eigenvalue weighted by Crippen LogP contribution is -2.44. The summed E-state index contributed by atoms with van der Waals surface area (Å²) in [5.74, 6) is -4.25. The minimum atomic E-state index is -1.26. The Hall–Kier alpha value is -1.72. The molecule has 1 amide bonds. The molecule has 1 saturated carbocycles. The van der Waals surface area contributed by atoms with Gasteiger partial charge < -0.3 is 10.1 Å². The second-order valence-electron chi connectivity index (χ2n) is 3.61. The maximum Gasteiger partial charge on any atom is 0.309 e.